The van der Waals surface area contributed by atoms with Gasteiger partial charge in [-0.2, -0.15) is 0 Å². The number of Topliss-reactive ketones (excluding diaryl/α,β-unsaturated/α-hetero) is 1. The average Bonchev–Trinajstić information content (AvgIpc) is 3.03. The highest BCUT2D eigenvalue weighted by Gasteiger charge is 2.12. The first-order chi connectivity index (χ1) is 12.0. The standard InChI is InChI=1S/C20H21N3O2/c1-13-7-8-14(2)15(11-13)18(24)9-10-20(25)21-12-19-22-16-5-3-4-6-17(16)23-19/h3-8,11H,9-10,12H2,1-2H3,(H,21,25)(H,22,23). The number of fused-ring (bicyclic) bond motifs is 1. The Hall–Kier alpha value is -2.95. The minimum atomic E-state index is -0.154. The number of aryl methyl sites for hydroxylation is 2. The van der Waals surface area contributed by atoms with Crippen LogP contribution in [0.1, 0.15) is 40.2 Å². The highest BCUT2D eigenvalue weighted by molar-refractivity contribution is 5.99. The van der Waals surface area contributed by atoms with Crippen LogP contribution in [0.4, 0.5) is 0 Å². The van der Waals surface area contributed by atoms with Crippen LogP contribution in [-0.4, -0.2) is 21.7 Å². The number of hydrogen-bond donors (Lipinski definition) is 2. The van der Waals surface area contributed by atoms with E-state index in [-0.39, 0.29) is 24.5 Å². The van der Waals surface area contributed by atoms with Crippen LogP contribution in [0.2, 0.25) is 0 Å². The maximum absolute atomic E-state index is 12.3. The van der Waals surface area contributed by atoms with Crippen molar-refractivity contribution in [1.82, 2.24) is 15.3 Å². The fourth-order valence-electron chi connectivity index (χ4n) is 2.76. The Balaban J connectivity index is 1.52. The van der Waals surface area contributed by atoms with Crippen LogP contribution < -0.4 is 5.32 Å². The van der Waals surface area contributed by atoms with Gasteiger partial charge in [0.1, 0.15) is 5.82 Å². The predicted molar refractivity (Wildman–Crippen MR) is 97.4 cm³/mol. The molecule has 1 amide bonds. The summed E-state index contributed by atoms with van der Waals surface area (Å²) in [5, 5.41) is 2.81. The van der Waals surface area contributed by atoms with E-state index in [4.69, 9.17) is 0 Å². The number of hydrogen-bond acceptors (Lipinski definition) is 3. The van der Waals surface area contributed by atoms with Crippen LogP contribution in [0.5, 0.6) is 0 Å². The van der Waals surface area contributed by atoms with Crippen molar-refractivity contribution in [2.75, 3.05) is 0 Å². The molecule has 5 nitrogen and oxygen atoms in total. The SMILES string of the molecule is Cc1ccc(C)c(C(=O)CCC(=O)NCc2nc3ccccc3[nH]2)c1. The highest BCUT2D eigenvalue weighted by atomic mass is 16.2. The second kappa shape index (κ2) is 7.30. The normalized spacial score (nSPS) is 10.8. The highest BCUT2D eigenvalue weighted by Crippen LogP contribution is 2.14. The first-order valence-corrected chi connectivity index (χ1v) is 8.34. The summed E-state index contributed by atoms with van der Waals surface area (Å²) in [7, 11) is 0. The van der Waals surface area contributed by atoms with Crippen LogP contribution >= 0.6 is 0 Å². The van der Waals surface area contributed by atoms with Gasteiger partial charge < -0.3 is 10.3 Å². The molecule has 3 rings (SSSR count). The number of nitrogens with one attached hydrogen (secondary N) is 2. The van der Waals surface area contributed by atoms with E-state index in [1.807, 2.05) is 56.3 Å². The molecule has 0 fully saturated rings. The monoisotopic (exact) mass is 335 g/mol. The van der Waals surface area contributed by atoms with Crippen molar-refractivity contribution in [1.29, 1.82) is 0 Å². The number of amides is 1. The number of ketones is 1. The van der Waals surface area contributed by atoms with E-state index < -0.39 is 0 Å². The lowest BCUT2D eigenvalue weighted by Gasteiger charge is -2.07. The molecule has 0 saturated heterocycles. The number of H-pyrrole nitrogens is 1. The van der Waals surface area contributed by atoms with Gasteiger partial charge in [-0.05, 0) is 37.6 Å². The summed E-state index contributed by atoms with van der Waals surface area (Å²) in [6, 6.07) is 13.5. The molecule has 1 heterocycles. The lowest BCUT2D eigenvalue weighted by atomic mass is 9.99. The van der Waals surface area contributed by atoms with Crippen molar-refractivity contribution < 1.29 is 9.59 Å². The van der Waals surface area contributed by atoms with Crippen molar-refractivity contribution in [3.63, 3.8) is 0 Å². The first-order valence-electron chi connectivity index (χ1n) is 8.34. The number of aromatic amines is 1. The Morgan fingerprint density at radius 3 is 2.68 bits per heavy atom. The molecule has 0 saturated carbocycles. The Kier molecular flexibility index (Phi) is 4.93. The Morgan fingerprint density at radius 1 is 1.08 bits per heavy atom. The summed E-state index contributed by atoms with van der Waals surface area (Å²) in [4.78, 5) is 31.9. The van der Waals surface area contributed by atoms with E-state index in [1.165, 1.54) is 0 Å². The van der Waals surface area contributed by atoms with Gasteiger partial charge in [0.25, 0.3) is 0 Å². The molecule has 0 bridgehead atoms. The van der Waals surface area contributed by atoms with Crippen LogP contribution in [0.25, 0.3) is 11.0 Å². The van der Waals surface area contributed by atoms with Crippen LogP contribution in [-0.2, 0) is 11.3 Å². The van der Waals surface area contributed by atoms with Crippen molar-refractivity contribution in [2.45, 2.75) is 33.2 Å². The predicted octanol–water partition coefficient (Wildman–Crippen LogP) is 3.46. The number of imidazole rings is 1. The molecule has 0 aliphatic carbocycles. The number of para-hydroxylation sites is 2. The lowest BCUT2D eigenvalue weighted by molar-refractivity contribution is -0.121. The van der Waals surface area contributed by atoms with Gasteiger partial charge in [-0.15, -0.1) is 0 Å². The lowest BCUT2D eigenvalue weighted by Crippen LogP contribution is -2.24. The van der Waals surface area contributed by atoms with Crippen LogP contribution in [0, 0.1) is 13.8 Å². The number of benzene rings is 2. The number of aromatic nitrogens is 2. The summed E-state index contributed by atoms with van der Waals surface area (Å²) >= 11 is 0. The molecular formula is C20H21N3O2. The third-order valence-corrected chi connectivity index (χ3v) is 4.16. The van der Waals surface area contributed by atoms with Gasteiger partial charge in [-0.3, -0.25) is 9.59 Å². The molecule has 0 spiro atoms. The third-order valence-electron chi connectivity index (χ3n) is 4.16. The van der Waals surface area contributed by atoms with E-state index in [1.54, 1.807) is 0 Å². The van der Waals surface area contributed by atoms with Crippen LogP contribution in [0.15, 0.2) is 42.5 Å². The number of carbonyl (C=O) groups is 2. The summed E-state index contributed by atoms with van der Waals surface area (Å²) in [5.41, 5.74) is 4.50. The van der Waals surface area contributed by atoms with Gasteiger partial charge in [0.2, 0.25) is 5.91 Å². The van der Waals surface area contributed by atoms with Gasteiger partial charge >= 0.3 is 0 Å². The molecule has 2 aromatic carbocycles. The maximum Gasteiger partial charge on any atom is 0.220 e. The minimum Gasteiger partial charge on any atom is -0.349 e. The molecule has 5 heteroatoms. The zero-order valence-electron chi connectivity index (χ0n) is 14.4. The first kappa shape index (κ1) is 16.9. The molecule has 2 N–H and O–H groups in total. The molecule has 128 valence electrons. The molecule has 0 atom stereocenters. The average molecular weight is 335 g/mol. The number of rotatable bonds is 6. The zero-order chi connectivity index (χ0) is 17.8. The molecule has 3 aromatic rings. The fourth-order valence-corrected chi connectivity index (χ4v) is 2.76. The smallest absolute Gasteiger partial charge is 0.220 e. The topological polar surface area (TPSA) is 74.8 Å². The largest absolute Gasteiger partial charge is 0.349 e. The Bertz CT molecular complexity index is 895. The van der Waals surface area contributed by atoms with Gasteiger partial charge in [-0.25, -0.2) is 4.98 Å². The molecule has 1 aromatic heterocycles. The second-order valence-corrected chi connectivity index (χ2v) is 6.22. The van der Waals surface area contributed by atoms with Gasteiger partial charge in [0, 0.05) is 18.4 Å². The summed E-state index contributed by atoms with van der Waals surface area (Å²) in [6.07, 6.45) is 0.378. The van der Waals surface area contributed by atoms with E-state index >= 15 is 0 Å². The molecule has 25 heavy (non-hydrogen) atoms. The van der Waals surface area contributed by atoms with E-state index in [2.05, 4.69) is 15.3 Å². The maximum atomic E-state index is 12.3. The summed E-state index contributed by atoms with van der Waals surface area (Å²) < 4.78 is 0. The molecule has 0 radical (unpaired) electrons. The Morgan fingerprint density at radius 2 is 1.88 bits per heavy atom. The van der Waals surface area contributed by atoms with E-state index in [9.17, 15) is 9.59 Å². The van der Waals surface area contributed by atoms with Crippen molar-refractivity contribution in [3.8, 4) is 0 Å². The van der Waals surface area contributed by atoms with Crippen molar-refractivity contribution >= 4 is 22.7 Å². The van der Waals surface area contributed by atoms with Crippen molar-refractivity contribution in [2.24, 2.45) is 0 Å². The van der Waals surface area contributed by atoms with Gasteiger partial charge in [-0.1, -0.05) is 29.8 Å². The van der Waals surface area contributed by atoms with E-state index in [0.717, 1.165) is 22.2 Å². The van der Waals surface area contributed by atoms with E-state index in [0.29, 0.717) is 17.9 Å². The van der Waals surface area contributed by atoms with Crippen LogP contribution in [0.3, 0.4) is 0 Å². The third kappa shape index (κ3) is 4.12. The Labute approximate surface area is 146 Å². The summed E-state index contributed by atoms with van der Waals surface area (Å²) in [5.74, 6) is 0.551. The zero-order valence-corrected chi connectivity index (χ0v) is 14.4. The number of nitrogens with zero attached hydrogens (tertiary/aromatic N) is 1. The number of carbonyl (C=O) groups excluding carboxylic acids is 2. The van der Waals surface area contributed by atoms with Crippen molar-refractivity contribution in [3.05, 3.63) is 65.0 Å². The molecule has 0 aliphatic heterocycles. The van der Waals surface area contributed by atoms with Gasteiger partial charge in [0.15, 0.2) is 5.78 Å². The fraction of sp³-hybridized carbons (Fsp3) is 0.250. The van der Waals surface area contributed by atoms with Gasteiger partial charge in [0.05, 0.1) is 17.6 Å². The molecule has 0 aliphatic rings. The minimum absolute atomic E-state index is 0.0000806. The second-order valence-electron chi connectivity index (χ2n) is 6.22. The molecule has 0 unspecified atom stereocenters. The quantitative estimate of drug-likeness (QED) is 0.677. The molecular weight excluding hydrogens is 314 g/mol. The summed E-state index contributed by atoms with van der Waals surface area (Å²) in [6.45, 7) is 4.19.